The van der Waals surface area contributed by atoms with Gasteiger partial charge in [0.25, 0.3) is 5.91 Å². The molecule has 0 aliphatic carbocycles. The number of rotatable bonds is 4. The monoisotopic (exact) mass is 274 g/mol. The summed E-state index contributed by atoms with van der Waals surface area (Å²) in [7, 11) is 0. The molecule has 1 amide bonds. The number of carbonyl (C=O) groups is 1. The molecule has 1 aliphatic rings. The summed E-state index contributed by atoms with van der Waals surface area (Å²) < 4.78 is 0. The van der Waals surface area contributed by atoms with Gasteiger partial charge < -0.3 is 10.2 Å². The van der Waals surface area contributed by atoms with Gasteiger partial charge in [-0.05, 0) is 30.9 Å². The molecule has 2 rings (SSSR count). The van der Waals surface area contributed by atoms with Crippen LogP contribution >= 0.6 is 0 Å². The topological polar surface area (TPSA) is 32.3 Å². The van der Waals surface area contributed by atoms with Crippen LogP contribution < -0.4 is 5.32 Å². The molecule has 2 atom stereocenters. The van der Waals surface area contributed by atoms with Crippen molar-refractivity contribution in [2.24, 2.45) is 0 Å². The molecule has 1 N–H and O–H groups in total. The summed E-state index contributed by atoms with van der Waals surface area (Å²) in [5.41, 5.74) is 2.03. The summed E-state index contributed by atoms with van der Waals surface area (Å²) in [6.45, 7) is 8.17. The summed E-state index contributed by atoms with van der Waals surface area (Å²) in [6.07, 6.45) is 2.97. The van der Waals surface area contributed by atoms with Crippen LogP contribution in [0.1, 0.15) is 49.5 Å². The lowest BCUT2D eigenvalue weighted by Gasteiger charge is -2.40. The van der Waals surface area contributed by atoms with Crippen LogP contribution in [0.15, 0.2) is 24.3 Å². The van der Waals surface area contributed by atoms with Crippen molar-refractivity contribution in [2.75, 3.05) is 13.1 Å². The van der Waals surface area contributed by atoms with Crippen LogP contribution in [0, 0.1) is 0 Å². The number of aryl methyl sites for hydroxylation is 1. The van der Waals surface area contributed by atoms with Crippen LogP contribution in [-0.2, 0) is 6.42 Å². The highest BCUT2D eigenvalue weighted by Crippen LogP contribution is 2.19. The molecule has 0 bridgehead atoms. The Morgan fingerprint density at radius 1 is 1.25 bits per heavy atom. The van der Waals surface area contributed by atoms with Gasteiger partial charge in [0.15, 0.2) is 0 Å². The molecule has 0 aromatic heterocycles. The fourth-order valence-electron chi connectivity index (χ4n) is 2.94. The van der Waals surface area contributed by atoms with E-state index < -0.39 is 0 Å². The van der Waals surface area contributed by atoms with E-state index >= 15 is 0 Å². The molecular weight excluding hydrogens is 248 g/mol. The number of hydrogen-bond donors (Lipinski definition) is 1. The van der Waals surface area contributed by atoms with E-state index in [2.05, 4.69) is 37.1 Å². The van der Waals surface area contributed by atoms with Crippen LogP contribution in [0.2, 0.25) is 0 Å². The predicted octanol–water partition coefficient (Wildman–Crippen LogP) is 2.85. The molecule has 0 radical (unpaired) electrons. The highest BCUT2D eigenvalue weighted by atomic mass is 16.2. The fraction of sp³-hybridized carbons (Fsp3) is 0.588. The van der Waals surface area contributed by atoms with E-state index in [4.69, 9.17) is 0 Å². The molecule has 0 spiro atoms. The van der Waals surface area contributed by atoms with Crippen molar-refractivity contribution < 1.29 is 4.79 Å². The highest BCUT2D eigenvalue weighted by Gasteiger charge is 2.30. The van der Waals surface area contributed by atoms with Gasteiger partial charge in [0, 0.05) is 30.7 Å². The second-order valence-electron chi connectivity index (χ2n) is 5.54. The average molecular weight is 274 g/mol. The second-order valence-corrected chi connectivity index (χ2v) is 5.54. The maximum absolute atomic E-state index is 12.9. The van der Waals surface area contributed by atoms with E-state index in [-0.39, 0.29) is 5.91 Å². The van der Waals surface area contributed by atoms with E-state index in [9.17, 15) is 4.79 Å². The molecule has 1 aromatic carbocycles. The fourth-order valence-corrected chi connectivity index (χ4v) is 2.94. The first-order valence-corrected chi connectivity index (χ1v) is 7.83. The van der Waals surface area contributed by atoms with Gasteiger partial charge in [-0.25, -0.2) is 0 Å². The number of carbonyl (C=O) groups excluding carboxylic acids is 1. The maximum Gasteiger partial charge on any atom is 0.254 e. The molecular formula is C17H26N2O. The van der Waals surface area contributed by atoms with Gasteiger partial charge in [-0.3, -0.25) is 4.79 Å². The number of hydrogen-bond acceptors (Lipinski definition) is 2. The molecule has 3 nitrogen and oxygen atoms in total. The summed E-state index contributed by atoms with van der Waals surface area (Å²) in [6, 6.07) is 8.75. The molecule has 20 heavy (non-hydrogen) atoms. The van der Waals surface area contributed by atoms with E-state index in [1.54, 1.807) is 0 Å². The van der Waals surface area contributed by atoms with E-state index in [0.717, 1.165) is 43.5 Å². The number of amides is 1. The lowest BCUT2D eigenvalue weighted by molar-refractivity contribution is 0.0575. The Kier molecular flexibility index (Phi) is 5.18. The van der Waals surface area contributed by atoms with Crippen molar-refractivity contribution in [3.05, 3.63) is 35.4 Å². The highest BCUT2D eigenvalue weighted by molar-refractivity contribution is 5.96. The predicted molar refractivity (Wildman–Crippen MR) is 83.0 cm³/mol. The molecule has 2 unspecified atom stereocenters. The zero-order valence-corrected chi connectivity index (χ0v) is 12.9. The SMILES string of the molecule is CCc1ccccc1C(=O)N1CC(CC)NCC1CC. The lowest BCUT2D eigenvalue weighted by Crippen LogP contribution is -2.58. The van der Waals surface area contributed by atoms with Crippen LogP contribution in [0.25, 0.3) is 0 Å². The van der Waals surface area contributed by atoms with Gasteiger partial charge in [0.2, 0.25) is 0 Å². The Labute approximate surface area is 122 Å². The Morgan fingerprint density at radius 2 is 2.00 bits per heavy atom. The first kappa shape index (κ1) is 15.0. The third kappa shape index (κ3) is 3.04. The molecule has 3 heteroatoms. The van der Waals surface area contributed by atoms with Gasteiger partial charge in [-0.15, -0.1) is 0 Å². The van der Waals surface area contributed by atoms with Gasteiger partial charge in [-0.1, -0.05) is 39.0 Å². The number of nitrogens with one attached hydrogen (secondary N) is 1. The molecule has 1 heterocycles. The van der Waals surface area contributed by atoms with Crippen molar-refractivity contribution >= 4 is 5.91 Å². The van der Waals surface area contributed by atoms with Crippen molar-refractivity contribution in [3.8, 4) is 0 Å². The maximum atomic E-state index is 12.9. The van der Waals surface area contributed by atoms with Crippen LogP contribution in [0.4, 0.5) is 0 Å². The standard InChI is InChI=1S/C17H26N2O/c1-4-13-9-7-8-10-16(13)17(20)19-12-14(5-2)18-11-15(19)6-3/h7-10,14-15,18H,4-6,11-12H2,1-3H3. The Morgan fingerprint density at radius 3 is 2.65 bits per heavy atom. The molecule has 110 valence electrons. The van der Waals surface area contributed by atoms with Crippen molar-refractivity contribution in [2.45, 2.75) is 52.1 Å². The zero-order chi connectivity index (χ0) is 14.5. The van der Waals surface area contributed by atoms with Crippen LogP contribution in [-0.4, -0.2) is 36.0 Å². The van der Waals surface area contributed by atoms with Crippen LogP contribution in [0.5, 0.6) is 0 Å². The van der Waals surface area contributed by atoms with Gasteiger partial charge in [-0.2, -0.15) is 0 Å². The third-order valence-corrected chi connectivity index (χ3v) is 4.35. The minimum atomic E-state index is 0.203. The quantitative estimate of drug-likeness (QED) is 0.915. The van der Waals surface area contributed by atoms with Gasteiger partial charge in [0.05, 0.1) is 0 Å². The summed E-state index contributed by atoms with van der Waals surface area (Å²) in [5, 5.41) is 3.54. The van der Waals surface area contributed by atoms with Gasteiger partial charge in [0.1, 0.15) is 0 Å². The number of nitrogens with zero attached hydrogens (tertiary/aromatic N) is 1. The second kappa shape index (κ2) is 6.89. The van der Waals surface area contributed by atoms with Crippen molar-refractivity contribution in [1.29, 1.82) is 0 Å². The minimum absolute atomic E-state index is 0.203. The van der Waals surface area contributed by atoms with Crippen LogP contribution in [0.3, 0.4) is 0 Å². The summed E-state index contributed by atoms with van der Waals surface area (Å²) >= 11 is 0. The normalized spacial score (nSPS) is 22.9. The Balaban J connectivity index is 2.24. The molecule has 1 fully saturated rings. The Bertz CT molecular complexity index is 458. The Hall–Kier alpha value is -1.35. The van der Waals surface area contributed by atoms with E-state index in [0.29, 0.717) is 12.1 Å². The molecule has 0 saturated carbocycles. The number of piperazine rings is 1. The average Bonchev–Trinajstić information content (AvgIpc) is 2.53. The zero-order valence-electron chi connectivity index (χ0n) is 12.9. The first-order chi connectivity index (χ1) is 9.71. The molecule has 1 aromatic rings. The minimum Gasteiger partial charge on any atom is -0.333 e. The smallest absolute Gasteiger partial charge is 0.254 e. The molecule has 1 aliphatic heterocycles. The van der Waals surface area contributed by atoms with Gasteiger partial charge >= 0.3 is 0 Å². The van der Waals surface area contributed by atoms with Crippen molar-refractivity contribution in [1.82, 2.24) is 10.2 Å². The largest absolute Gasteiger partial charge is 0.333 e. The van der Waals surface area contributed by atoms with E-state index in [1.165, 1.54) is 0 Å². The van der Waals surface area contributed by atoms with E-state index in [1.807, 2.05) is 18.2 Å². The summed E-state index contributed by atoms with van der Waals surface area (Å²) in [5.74, 6) is 0.203. The van der Waals surface area contributed by atoms with Crippen molar-refractivity contribution in [3.63, 3.8) is 0 Å². The molecule has 1 saturated heterocycles. The lowest BCUT2D eigenvalue weighted by atomic mass is 10.00. The number of benzene rings is 1. The summed E-state index contributed by atoms with van der Waals surface area (Å²) in [4.78, 5) is 15.0. The third-order valence-electron chi connectivity index (χ3n) is 4.35. The first-order valence-electron chi connectivity index (χ1n) is 7.83.